The Kier molecular flexibility index (Phi) is 6.86. The average Bonchev–Trinajstić information content (AvgIpc) is 3.40. The highest BCUT2D eigenvalue weighted by Gasteiger charge is 2.12. The van der Waals surface area contributed by atoms with E-state index in [1.807, 2.05) is 47.3 Å². The van der Waals surface area contributed by atoms with Crippen LogP contribution in [-0.4, -0.2) is 31.4 Å². The quantitative estimate of drug-likeness (QED) is 0.355. The first-order valence-electron chi connectivity index (χ1n) is 9.40. The van der Waals surface area contributed by atoms with Crippen LogP contribution in [0.5, 0.6) is 0 Å². The lowest BCUT2D eigenvalue weighted by Gasteiger charge is -2.06. The number of aromatic nitrogens is 4. The molecular formula is C21H19ClN6OS2. The lowest BCUT2D eigenvalue weighted by molar-refractivity contribution is -0.113. The van der Waals surface area contributed by atoms with E-state index in [1.165, 1.54) is 11.8 Å². The van der Waals surface area contributed by atoms with Gasteiger partial charge in [0.2, 0.25) is 5.91 Å². The maximum absolute atomic E-state index is 12.2. The van der Waals surface area contributed by atoms with Crippen molar-refractivity contribution in [2.24, 2.45) is 7.05 Å². The van der Waals surface area contributed by atoms with E-state index < -0.39 is 0 Å². The van der Waals surface area contributed by atoms with Crippen molar-refractivity contribution in [3.63, 3.8) is 0 Å². The molecule has 0 aliphatic rings. The van der Waals surface area contributed by atoms with Crippen molar-refractivity contribution in [1.29, 1.82) is 0 Å². The molecular weight excluding hydrogens is 452 g/mol. The van der Waals surface area contributed by atoms with Gasteiger partial charge in [0.1, 0.15) is 0 Å². The number of anilines is 2. The Labute approximate surface area is 192 Å². The van der Waals surface area contributed by atoms with E-state index in [-0.39, 0.29) is 11.7 Å². The molecule has 1 amide bonds. The summed E-state index contributed by atoms with van der Waals surface area (Å²) >= 11 is 8.74. The zero-order valence-electron chi connectivity index (χ0n) is 16.6. The number of nitrogens with one attached hydrogen (secondary N) is 2. The first-order chi connectivity index (χ1) is 15.1. The summed E-state index contributed by atoms with van der Waals surface area (Å²) in [6.45, 7) is 0.489. The van der Waals surface area contributed by atoms with Crippen LogP contribution < -0.4 is 10.6 Å². The van der Waals surface area contributed by atoms with Crippen LogP contribution in [0.15, 0.2) is 65.1 Å². The second-order valence-electron chi connectivity index (χ2n) is 6.56. The minimum absolute atomic E-state index is 0.119. The smallest absolute Gasteiger partial charge is 0.234 e. The van der Waals surface area contributed by atoms with Crippen LogP contribution >= 0.6 is 34.7 Å². The van der Waals surface area contributed by atoms with Gasteiger partial charge in [-0.3, -0.25) is 4.79 Å². The van der Waals surface area contributed by atoms with Crippen molar-refractivity contribution in [2.75, 3.05) is 16.4 Å². The normalized spacial score (nSPS) is 10.8. The zero-order valence-corrected chi connectivity index (χ0v) is 19.0. The van der Waals surface area contributed by atoms with E-state index in [9.17, 15) is 4.79 Å². The van der Waals surface area contributed by atoms with E-state index in [4.69, 9.17) is 11.6 Å². The molecule has 2 N–H and O–H groups in total. The fourth-order valence-electron chi connectivity index (χ4n) is 2.74. The molecule has 0 saturated carbocycles. The standard InChI is InChI=1S/C21H19ClN6OS2/c1-28-18(11-23-20-25-17(12-30-20)14-5-3-2-4-6-14)26-27-21(28)31-13-19(29)24-16-9-7-15(22)8-10-16/h2-10,12H,11,13H2,1H3,(H,23,25)(H,24,29). The van der Waals surface area contributed by atoms with Gasteiger partial charge in [-0.25, -0.2) is 4.98 Å². The predicted molar refractivity (Wildman–Crippen MR) is 127 cm³/mol. The fourth-order valence-corrected chi connectivity index (χ4v) is 4.31. The molecule has 0 fully saturated rings. The second kappa shape index (κ2) is 9.95. The van der Waals surface area contributed by atoms with Gasteiger partial charge in [0.15, 0.2) is 16.1 Å². The van der Waals surface area contributed by atoms with Crippen LogP contribution in [0.1, 0.15) is 5.82 Å². The minimum Gasteiger partial charge on any atom is -0.354 e. The molecule has 0 radical (unpaired) electrons. The molecule has 10 heteroatoms. The number of nitrogens with zero attached hydrogens (tertiary/aromatic N) is 4. The minimum atomic E-state index is -0.119. The molecule has 0 unspecified atom stereocenters. The molecule has 7 nitrogen and oxygen atoms in total. The summed E-state index contributed by atoms with van der Waals surface area (Å²) < 4.78 is 1.87. The molecule has 2 aromatic carbocycles. The van der Waals surface area contributed by atoms with Crippen molar-refractivity contribution in [2.45, 2.75) is 11.7 Å². The number of carbonyl (C=O) groups is 1. The Bertz CT molecular complexity index is 1160. The lowest BCUT2D eigenvalue weighted by Crippen LogP contribution is -2.14. The van der Waals surface area contributed by atoms with E-state index in [0.717, 1.165) is 22.2 Å². The Morgan fingerprint density at radius 1 is 1.13 bits per heavy atom. The van der Waals surface area contributed by atoms with E-state index in [0.29, 0.717) is 22.4 Å². The van der Waals surface area contributed by atoms with Gasteiger partial charge in [-0.1, -0.05) is 53.7 Å². The van der Waals surface area contributed by atoms with Crippen molar-refractivity contribution < 1.29 is 4.79 Å². The molecule has 4 aromatic rings. The summed E-state index contributed by atoms with van der Waals surface area (Å²) in [4.78, 5) is 16.8. The molecule has 0 saturated heterocycles. The number of benzene rings is 2. The molecule has 2 heterocycles. The number of rotatable bonds is 8. The maximum Gasteiger partial charge on any atom is 0.234 e. The summed E-state index contributed by atoms with van der Waals surface area (Å²) in [5.41, 5.74) is 2.73. The van der Waals surface area contributed by atoms with Gasteiger partial charge in [0.25, 0.3) is 0 Å². The highest BCUT2D eigenvalue weighted by molar-refractivity contribution is 7.99. The summed E-state index contributed by atoms with van der Waals surface area (Å²) in [7, 11) is 1.88. The Morgan fingerprint density at radius 3 is 2.68 bits per heavy atom. The van der Waals surface area contributed by atoms with Gasteiger partial charge in [-0.15, -0.1) is 21.5 Å². The second-order valence-corrected chi connectivity index (χ2v) is 8.80. The Hall–Kier alpha value is -2.88. The number of carbonyl (C=O) groups excluding carboxylic acids is 1. The largest absolute Gasteiger partial charge is 0.354 e. The van der Waals surface area contributed by atoms with Gasteiger partial charge >= 0.3 is 0 Å². The van der Waals surface area contributed by atoms with Crippen LogP contribution in [-0.2, 0) is 18.4 Å². The van der Waals surface area contributed by atoms with Crippen molar-refractivity contribution >= 4 is 51.4 Å². The van der Waals surface area contributed by atoms with Gasteiger partial charge in [0.05, 0.1) is 18.0 Å². The van der Waals surface area contributed by atoms with Gasteiger partial charge in [0, 0.05) is 28.7 Å². The van der Waals surface area contributed by atoms with Crippen molar-refractivity contribution in [3.05, 3.63) is 70.8 Å². The third-order valence-corrected chi connectivity index (χ3v) is 6.43. The maximum atomic E-state index is 12.2. The third-order valence-electron chi connectivity index (χ3n) is 4.36. The molecule has 0 spiro atoms. The topological polar surface area (TPSA) is 84.7 Å². The Balaban J connectivity index is 1.29. The van der Waals surface area contributed by atoms with E-state index in [2.05, 4.69) is 25.8 Å². The first kappa shape index (κ1) is 21.4. The molecule has 0 aliphatic carbocycles. The molecule has 158 valence electrons. The summed E-state index contributed by atoms with van der Waals surface area (Å²) in [6, 6.07) is 17.0. The van der Waals surface area contributed by atoms with Crippen LogP contribution in [0.25, 0.3) is 11.3 Å². The number of thioether (sulfide) groups is 1. The molecule has 0 bridgehead atoms. The summed E-state index contributed by atoms with van der Waals surface area (Å²) in [5.74, 6) is 0.873. The number of hydrogen-bond donors (Lipinski definition) is 2. The monoisotopic (exact) mass is 470 g/mol. The zero-order chi connectivity index (χ0) is 21.6. The van der Waals surface area contributed by atoms with Crippen LogP contribution in [0.2, 0.25) is 5.02 Å². The highest BCUT2D eigenvalue weighted by Crippen LogP contribution is 2.25. The average molecular weight is 471 g/mol. The molecule has 2 aromatic heterocycles. The SMILES string of the molecule is Cn1c(CNc2nc(-c3ccccc3)cs2)nnc1SCC(=O)Nc1ccc(Cl)cc1. The van der Waals surface area contributed by atoms with E-state index in [1.54, 1.807) is 35.6 Å². The van der Waals surface area contributed by atoms with Crippen LogP contribution in [0.3, 0.4) is 0 Å². The third kappa shape index (κ3) is 5.63. The van der Waals surface area contributed by atoms with Crippen molar-refractivity contribution in [3.8, 4) is 11.3 Å². The number of amides is 1. The van der Waals surface area contributed by atoms with E-state index >= 15 is 0 Å². The molecule has 4 rings (SSSR count). The molecule has 0 atom stereocenters. The van der Waals surface area contributed by atoms with Crippen molar-refractivity contribution in [1.82, 2.24) is 19.7 Å². The number of thiazole rings is 1. The molecule has 0 aliphatic heterocycles. The lowest BCUT2D eigenvalue weighted by atomic mass is 10.2. The number of hydrogen-bond acceptors (Lipinski definition) is 7. The highest BCUT2D eigenvalue weighted by atomic mass is 35.5. The van der Waals surface area contributed by atoms with Gasteiger partial charge in [-0.2, -0.15) is 0 Å². The van der Waals surface area contributed by atoms with Crippen LogP contribution in [0, 0.1) is 0 Å². The predicted octanol–water partition coefficient (Wildman–Crippen LogP) is 4.93. The molecule has 31 heavy (non-hydrogen) atoms. The Morgan fingerprint density at radius 2 is 1.90 bits per heavy atom. The van der Waals surface area contributed by atoms with Gasteiger partial charge < -0.3 is 15.2 Å². The number of halogens is 1. The summed E-state index contributed by atoms with van der Waals surface area (Å²) in [5, 5.41) is 18.7. The summed E-state index contributed by atoms with van der Waals surface area (Å²) in [6.07, 6.45) is 0. The van der Waals surface area contributed by atoms with Gasteiger partial charge in [-0.05, 0) is 24.3 Å². The van der Waals surface area contributed by atoms with Crippen LogP contribution in [0.4, 0.5) is 10.8 Å². The fraction of sp³-hybridized carbons (Fsp3) is 0.143. The first-order valence-corrected chi connectivity index (χ1v) is 11.6.